The van der Waals surface area contributed by atoms with Crippen LogP contribution in [0.5, 0.6) is 0 Å². The minimum atomic E-state index is 0.444. The molecule has 6 heteroatoms. The lowest BCUT2D eigenvalue weighted by molar-refractivity contribution is 0.185. The van der Waals surface area contributed by atoms with Gasteiger partial charge in [0.2, 0.25) is 0 Å². The van der Waals surface area contributed by atoms with Crippen LogP contribution in [0.1, 0.15) is 11.1 Å². The van der Waals surface area contributed by atoms with Gasteiger partial charge in [-0.2, -0.15) is 0 Å². The molecule has 1 aromatic heterocycles. The first-order chi connectivity index (χ1) is 9.71. The molecule has 106 valence electrons. The third-order valence-corrected chi connectivity index (χ3v) is 3.37. The smallest absolute Gasteiger partial charge is 0.190 e. The van der Waals surface area contributed by atoms with Crippen LogP contribution in [0.3, 0.4) is 0 Å². The van der Waals surface area contributed by atoms with Crippen LogP contribution in [-0.4, -0.2) is 23.3 Å². The first-order valence-electron chi connectivity index (χ1n) is 6.10. The summed E-state index contributed by atoms with van der Waals surface area (Å²) in [5.74, 6) is 0.728. The molecule has 1 heterocycles. The van der Waals surface area contributed by atoms with Gasteiger partial charge in [0.15, 0.2) is 5.16 Å². The zero-order valence-electron chi connectivity index (χ0n) is 11.4. The van der Waals surface area contributed by atoms with Gasteiger partial charge in [-0.15, -0.1) is 0 Å². The highest BCUT2D eigenvalue weighted by Gasteiger charge is 2.03. The van der Waals surface area contributed by atoms with Gasteiger partial charge in [-0.1, -0.05) is 47.6 Å². The standard InChI is InChI=1S/C14H16ClN3OS/c1-19-9-11-5-3-4-10(6-11)8-16-13-7-12(15)17-14(18-13)20-2/h3-7H,8-9H2,1-2H3,(H,16,17,18). The molecular weight excluding hydrogens is 294 g/mol. The fourth-order valence-corrected chi connectivity index (χ4v) is 2.38. The summed E-state index contributed by atoms with van der Waals surface area (Å²) in [6.07, 6.45) is 1.92. The van der Waals surface area contributed by atoms with Crippen LogP contribution in [0.15, 0.2) is 35.5 Å². The Morgan fingerprint density at radius 2 is 2.05 bits per heavy atom. The minimum Gasteiger partial charge on any atom is -0.380 e. The van der Waals surface area contributed by atoms with E-state index in [0.717, 1.165) is 11.4 Å². The maximum absolute atomic E-state index is 5.96. The molecule has 0 saturated carbocycles. The Kier molecular flexibility index (Phi) is 5.64. The average Bonchev–Trinajstić information content (AvgIpc) is 2.45. The zero-order valence-corrected chi connectivity index (χ0v) is 13.0. The van der Waals surface area contributed by atoms with Crippen molar-refractivity contribution in [2.75, 3.05) is 18.7 Å². The number of nitrogens with one attached hydrogen (secondary N) is 1. The number of anilines is 1. The number of hydrogen-bond acceptors (Lipinski definition) is 5. The van der Waals surface area contributed by atoms with Crippen molar-refractivity contribution in [1.82, 2.24) is 9.97 Å². The van der Waals surface area contributed by atoms with Gasteiger partial charge >= 0.3 is 0 Å². The summed E-state index contributed by atoms with van der Waals surface area (Å²) in [6.45, 7) is 1.29. The van der Waals surface area contributed by atoms with Crippen molar-refractivity contribution in [3.63, 3.8) is 0 Å². The quantitative estimate of drug-likeness (QED) is 0.502. The molecule has 2 aromatic rings. The van der Waals surface area contributed by atoms with Gasteiger partial charge in [-0.25, -0.2) is 9.97 Å². The number of halogens is 1. The topological polar surface area (TPSA) is 47.0 Å². The summed E-state index contributed by atoms with van der Waals surface area (Å²) in [7, 11) is 1.69. The SMILES string of the molecule is COCc1cccc(CNc2cc(Cl)nc(SC)n2)c1. The van der Waals surface area contributed by atoms with Gasteiger partial charge in [0.1, 0.15) is 11.0 Å². The Morgan fingerprint density at radius 1 is 1.25 bits per heavy atom. The number of thioether (sulfide) groups is 1. The fourth-order valence-electron chi connectivity index (χ4n) is 1.77. The molecule has 0 aliphatic rings. The van der Waals surface area contributed by atoms with Crippen LogP contribution >= 0.6 is 23.4 Å². The van der Waals surface area contributed by atoms with Gasteiger partial charge in [-0.3, -0.25) is 0 Å². The molecule has 0 aliphatic carbocycles. The van der Waals surface area contributed by atoms with E-state index in [-0.39, 0.29) is 0 Å². The van der Waals surface area contributed by atoms with Crippen molar-refractivity contribution in [3.8, 4) is 0 Å². The van der Waals surface area contributed by atoms with Crippen molar-refractivity contribution in [2.45, 2.75) is 18.3 Å². The molecule has 1 aromatic carbocycles. The molecule has 4 nitrogen and oxygen atoms in total. The fraction of sp³-hybridized carbons (Fsp3) is 0.286. The number of aromatic nitrogens is 2. The number of ether oxygens (including phenoxy) is 1. The third-order valence-electron chi connectivity index (χ3n) is 2.63. The maximum atomic E-state index is 5.96. The van der Waals surface area contributed by atoms with Gasteiger partial charge in [0, 0.05) is 19.7 Å². The summed E-state index contributed by atoms with van der Waals surface area (Å²) in [5.41, 5.74) is 2.32. The number of nitrogens with zero attached hydrogens (tertiary/aromatic N) is 2. The molecule has 0 saturated heterocycles. The van der Waals surface area contributed by atoms with Gasteiger partial charge in [-0.05, 0) is 17.4 Å². The lowest BCUT2D eigenvalue weighted by atomic mass is 10.1. The molecule has 20 heavy (non-hydrogen) atoms. The Morgan fingerprint density at radius 3 is 2.80 bits per heavy atom. The van der Waals surface area contributed by atoms with Crippen LogP contribution in [0.2, 0.25) is 5.15 Å². The Balaban J connectivity index is 2.04. The first-order valence-corrected chi connectivity index (χ1v) is 7.70. The molecule has 0 aliphatic heterocycles. The van der Waals surface area contributed by atoms with Crippen LogP contribution in [0.25, 0.3) is 0 Å². The van der Waals surface area contributed by atoms with Crippen LogP contribution in [-0.2, 0) is 17.9 Å². The molecule has 0 spiro atoms. The van der Waals surface area contributed by atoms with Crippen molar-refractivity contribution in [3.05, 3.63) is 46.6 Å². The predicted molar refractivity (Wildman–Crippen MR) is 83.3 cm³/mol. The number of rotatable bonds is 6. The maximum Gasteiger partial charge on any atom is 0.190 e. The summed E-state index contributed by atoms with van der Waals surface area (Å²) < 4.78 is 5.13. The molecule has 0 radical (unpaired) electrons. The van der Waals surface area contributed by atoms with E-state index in [1.165, 1.54) is 17.3 Å². The monoisotopic (exact) mass is 309 g/mol. The van der Waals surface area contributed by atoms with Gasteiger partial charge < -0.3 is 10.1 Å². The van der Waals surface area contributed by atoms with E-state index in [1.54, 1.807) is 13.2 Å². The number of hydrogen-bond donors (Lipinski definition) is 1. The van der Waals surface area contributed by atoms with Crippen LogP contribution in [0.4, 0.5) is 5.82 Å². The van der Waals surface area contributed by atoms with Gasteiger partial charge in [0.25, 0.3) is 0 Å². The van der Waals surface area contributed by atoms with Gasteiger partial charge in [0.05, 0.1) is 6.61 Å². The van der Waals surface area contributed by atoms with Crippen LogP contribution in [0, 0.1) is 0 Å². The van der Waals surface area contributed by atoms with Crippen molar-refractivity contribution >= 4 is 29.2 Å². The minimum absolute atomic E-state index is 0.444. The summed E-state index contributed by atoms with van der Waals surface area (Å²) >= 11 is 7.42. The van der Waals surface area contributed by atoms with E-state index >= 15 is 0 Å². The van der Waals surface area contributed by atoms with Crippen molar-refractivity contribution in [1.29, 1.82) is 0 Å². The third kappa shape index (κ3) is 4.37. The highest BCUT2D eigenvalue weighted by Crippen LogP contribution is 2.18. The van der Waals surface area contributed by atoms with E-state index in [0.29, 0.717) is 23.5 Å². The second-order valence-electron chi connectivity index (χ2n) is 4.17. The Bertz CT molecular complexity index is 580. The summed E-state index contributed by atoms with van der Waals surface area (Å²) in [4.78, 5) is 8.46. The predicted octanol–water partition coefficient (Wildman–Crippen LogP) is 3.61. The summed E-state index contributed by atoms with van der Waals surface area (Å²) in [5, 5.41) is 4.36. The van der Waals surface area contributed by atoms with Crippen LogP contribution < -0.4 is 5.32 Å². The van der Waals surface area contributed by atoms with E-state index in [4.69, 9.17) is 16.3 Å². The highest BCUT2D eigenvalue weighted by molar-refractivity contribution is 7.98. The molecule has 0 amide bonds. The lowest BCUT2D eigenvalue weighted by Crippen LogP contribution is -2.03. The Hall–Kier alpha value is -1.30. The molecule has 2 rings (SSSR count). The van der Waals surface area contributed by atoms with E-state index in [2.05, 4.69) is 27.4 Å². The number of benzene rings is 1. The molecule has 0 bridgehead atoms. The molecule has 1 N–H and O–H groups in total. The lowest BCUT2D eigenvalue weighted by Gasteiger charge is -2.08. The molecular formula is C14H16ClN3OS. The molecule has 0 unspecified atom stereocenters. The Labute approximate surface area is 127 Å². The van der Waals surface area contributed by atoms with E-state index in [9.17, 15) is 0 Å². The first kappa shape index (κ1) is 15.1. The van der Waals surface area contributed by atoms with E-state index < -0.39 is 0 Å². The highest BCUT2D eigenvalue weighted by atomic mass is 35.5. The number of methoxy groups -OCH3 is 1. The molecule has 0 atom stereocenters. The largest absolute Gasteiger partial charge is 0.380 e. The average molecular weight is 310 g/mol. The van der Waals surface area contributed by atoms with E-state index in [1.807, 2.05) is 18.4 Å². The zero-order chi connectivity index (χ0) is 14.4. The van der Waals surface area contributed by atoms with Crippen molar-refractivity contribution < 1.29 is 4.74 Å². The normalized spacial score (nSPS) is 10.6. The molecule has 0 fully saturated rings. The second-order valence-corrected chi connectivity index (χ2v) is 5.33. The summed E-state index contributed by atoms with van der Waals surface area (Å²) in [6, 6.07) is 9.95. The van der Waals surface area contributed by atoms with Crippen molar-refractivity contribution in [2.24, 2.45) is 0 Å². The second kappa shape index (κ2) is 7.47.